The number of rotatable bonds is 8. The van der Waals surface area contributed by atoms with Crippen molar-refractivity contribution in [2.45, 2.75) is 25.9 Å². The third kappa shape index (κ3) is 5.56. The monoisotopic (exact) mass is 401 g/mol. The topological polar surface area (TPSA) is 69.7 Å². The standard InChI is InChI=1S/C21H27N3O3S/c1-28(26,27)24(20-11-3-2-4-12-20)17-21(25)22-15-18-9-5-6-10-19(18)16-23-13-7-8-14-23/h2-6,9-12H,7-8,13-17H2,1H3,(H,22,25). The van der Waals surface area contributed by atoms with Crippen molar-refractivity contribution in [3.05, 3.63) is 65.7 Å². The van der Waals surface area contributed by atoms with Crippen LogP contribution in [0.5, 0.6) is 0 Å². The fourth-order valence-corrected chi connectivity index (χ4v) is 4.30. The van der Waals surface area contributed by atoms with Gasteiger partial charge in [0.15, 0.2) is 0 Å². The molecule has 1 saturated heterocycles. The summed E-state index contributed by atoms with van der Waals surface area (Å²) in [5, 5.41) is 2.87. The van der Waals surface area contributed by atoms with Crippen LogP contribution in [0.4, 0.5) is 5.69 Å². The third-order valence-corrected chi connectivity index (χ3v) is 6.06. The van der Waals surface area contributed by atoms with Crippen LogP contribution in [-0.4, -0.2) is 45.1 Å². The molecule has 0 unspecified atom stereocenters. The molecule has 0 atom stereocenters. The van der Waals surface area contributed by atoms with Crippen molar-refractivity contribution in [3.63, 3.8) is 0 Å². The largest absolute Gasteiger partial charge is 0.350 e. The predicted molar refractivity (Wildman–Crippen MR) is 111 cm³/mol. The fraction of sp³-hybridized carbons (Fsp3) is 0.381. The normalized spacial score (nSPS) is 14.8. The number of carbonyl (C=O) groups is 1. The minimum Gasteiger partial charge on any atom is -0.350 e. The van der Waals surface area contributed by atoms with Gasteiger partial charge in [-0.25, -0.2) is 8.42 Å². The summed E-state index contributed by atoms with van der Waals surface area (Å²) >= 11 is 0. The van der Waals surface area contributed by atoms with E-state index in [0.29, 0.717) is 12.2 Å². The Morgan fingerprint density at radius 3 is 2.25 bits per heavy atom. The Balaban J connectivity index is 1.63. The summed E-state index contributed by atoms with van der Waals surface area (Å²) in [6.45, 7) is 3.25. The summed E-state index contributed by atoms with van der Waals surface area (Å²) in [5.41, 5.74) is 2.75. The number of hydrogen-bond donors (Lipinski definition) is 1. The summed E-state index contributed by atoms with van der Waals surface area (Å²) in [6.07, 6.45) is 3.58. The number of para-hydroxylation sites is 1. The lowest BCUT2D eigenvalue weighted by molar-refractivity contribution is -0.119. The van der Waals surface area contributed by atoms with Crippen molar-refractivity contribution in [2.75, 3.05) is 30.2 Å². The lowest BCUT2D eigenvalue weighted by Gasteiger charge is -2.22. The number of likely N-dealkylation sites (tertiary alicyclic amines) is 1. The second-order valence-corrected chi connectivity index (χ2v) is 9.04. The maximum atomic E-state index is 12.5. The number of amides is 1. The fourth-order valence-electron chi connectivity index (χ4n) is 3.44. The van der Waals surface area contributed by atoms with Gasteiger partial charge in [-0.2, -0.15) is 0 Å². The van der Waals surface area contributed by atoms with Gasteiger partial charge in [-0.1, -0.05) is 42.5 Å². The minimum atomic E-state index is -3.55. The van der Waals surface area contributed by atoms with Crippen LogP contribution in [-0.2, 0) is 27.9 Å². The van der Waals surface area contributed by atoms with Crippen molar-refractivity contribution >= 4 is 21.6 Å². The Labute approximate surface area is 167 Å². The van der Waals surface area contributed by atoms with Crippen LogP contribution in [0, 0.1) is 0 Å². The summed E-state index contributed by atoms with van der Waals surface area (Å²) in [6, 6.07) is 16.7. The van der Waals surface area contributed by atoms with Crippen LogP contribution in [0.2, 0.25) is 0 Å². The van der Waals surface area contributed by atoms with Crippen LogP contribution in [0.3, 0.4) is 0 Å². The molecule has 2 aromatic rings. The Kier molecular flexibility index (Phi) is 6.70. The Morgan fingerprint density at radius 2 is 1.61 bits per heavy atom. The zero-order valence-electron chi connectivity index (χ0n) is 16.2. The first-order valence-electron chi connectivity index (χ1n) is 9.52. The summed E-state index contributed by atoms with van der Waals surface area (Å²) in [5.74, 6) is -0.328. The molecule has 1 aliphatic rings. The van der Waals surface area contributed by atoms with Gasteiger partial charge in [-0.05, 0) is 49.2 Å². The molecule has 0 aliphatic carbocycles. The SMILES string of the molecule is CS(=O)(=O)N(CC(=O)NCc1ccccc1CN1CCCC1)c1ccccc1. The van der Waals surface area contributed by atoms with E-state index in [1.165, 1.54) is 18.4 Å². The molecule has 28 heavy (non-hydrogen) atoms. The molecule has 1 fully saturated rings. The van der Waals surface area contributed by atoms with Crippen molar-refractivity contribution in [1.29, 1.82) is 0 Å². The first-order valence-corrected chi connectivity index (χ1v) is 11.4. The zero-order chi connectivity index (χ0) is 20.0. The summed E-state index contributed by atoms with van der Waals surface area (Å²) in [4.78, 5) is 14.9. The Bertz CT molecular complexity index is 894. The third-order valence-electron chi connectivity index (χ3n) is 4.92. The van der Waals surface area contributed by atoms with Crippen LogP contribution >= 0.6 is 0 Å². The van der Waals surface area contributed by atoms with Crippen molar-refractivity contribution in [2.24, 2.45) is 0 Å². The molecule has 3 rings (SSSR count). The highest BCUT2D eigenvalue weighted by molar-refractivity contribution is 7.92. The maximum Gasteiger partial charge on any atom is 0.241 e. The van der Waals surface area contributed by atoms with Gasteiger partial charge in [0.25, 0.3) is 0 Å². The molecule has 1 heterocycles. The average molecular weight is 402 g/mol. The zero-order valence-corrected chi connectivity index (χ0v) is 17.0. The highest BCUT2D eigenvalue weighted by Gasteiger charge is 2.20. The van der Waals surface area contributed by atoms with Gasteiger partial charge < -0.3 is 5.32 Å². The van der Waals surface area contributed by atoms with E-state index in [2.05, 4.69) is 16.3 Å². The molecule has 0 bridgehead atoms. The molecule has 0 radical (unpaired) electrons. The minimum absolute atomic E-state index is 0.239. The molecule has 6 nitrogen and oxygen atoms in total. The van der Waals surface area contributed by atoms with E-state index in [1.807, 2.05) is 18.2 Å². The molecule has 2 aromatic carbocycles. The molecule has 1 aliphatic heterocycles. The number of nitrogens with one attached hydrogen (secondary N) is 1. The lowest BCUT2D eigenvalue weighted by Crippen LogP contribution is -2.40. The summed E-state index contributed by atoms with van der Waals surface area (Å²) in [7, 11) is -3.55. The van der Waals surface area contributed by atoms with Gasteiger partial charge in [-0.15, -0.1) is 0 Å². The van der Waals surface area contributed by atoms with Gasteiger partial charge in [0.1, 0.15) is 6.54 Å². The van der Waals surface area contributed by atoms with Gasteiger partial charge in [0.2, 0.25) is 15.9 Å². The second-order valence-electron chi connectivity index (χ2n) is 7.13. The Hall–Kier alpha value is -2.38. The smallest absolute Gasteiger partial charge is 0.241 e. The Morgan fingerprint density at radius 1 is 1.00 bits per heavy atom. The second kappa shape index (κ2) is 9.21. The number of hydrogen-bond acceptors (Lipinski definition) is 4. The molecule has 7 heteroatoms. The number of nitrogens with zero attached hydrogens (tertiary/aromatic N) is 2. The van der Waals surface area contributed by atoms with E-state index in [-0.39, 0.29) is 12.5 Å². The summed E-state index contributed by atoms with van der Waals surface area (Å²) < 4.78 is 25.4. The van der Waals surface area contributed by atoms with Crippen molar-refractivity contribution < 1.29 is 13.2 Å². The molecule has 150 valence electrons. The van der Waals surface area contributed by atoms with E-state index in [4.69, 9.17) is 0 Å². The first-order chi connectivity index (χ1) is 13.4. The molecule has 0 saturated carbocycles. The number of anilines is 1. The molecule has 1 N–H and O–H groups in total. The van der Waals surface area contributed by atoms with E-state index in [0.717, 1.165) is 35.8 Å². The van der Waals surface area contributed by atoms with Gasteiger partial charge >= 0.3 is 0 Å². The van der Waals surface area contributed by atoms with E-state index in [1.54, 1.807) is 30.3 Å². The molecule has 0 spiro atoms. The lowest BCUT2D eigenvalue weighted by atomic mass is 10.1. The van der Waals surface area contributed by atoms with Gasteiger partial charge in [0, 0.05) is 13.1 Å². The van der Waals surface area contributed by atoms with Crippen LogP contribution < -0.4 is 9.62 Å². The molecular weight excluding hydrogens is 374 g/mol. The molecule has 1 amide bonds. The average Bonchev–Trinajstić information content (AvgIpc) is 3.18. The molecular formula is C21H27N3O3S. The first kappa shape index (κ1) is 20.4. The van der Waals surface area contributed by atoms with Gasteiger partial charge in [0.05, 0.1) is 11.9 Å². The van der Waals surface area contributed by atoms with Gasteiger partial charge in [-0.3, -0.25) is 14.0 Å². The predicted octanol–water partition coefficient (Wildman–Crippen LogP) is 2.36. The van der Waals surface area contributed by atoms with Crippen molar-refractivity contribution in [3.8, 4) is 0 Å². The van der Waals surface area contributed by atoms with Crippen LogP contribution in [0.15, 0.2) is 54.6 Å². The number of sulfonamides is 1. The quantitative estimate of drug-likeness (QED) is 0.737. The van der Waals surface area contributed by atoms with E-state index in [9.17, 15) is 13.2 Å². The number of carbonyl (C=O) groups excluding carboxylic acids is 1. The molecule has 0 aromatic heterocycles. The van der Waals surface area contributed by atoms with E-state index < -0.39 is 10.0 Å². The van der Waals surface area contributed by atoms with E-state index >= 15 is 0 Å². The van der Waals surface area contributed by atoms with Crippen molar-refractivity contribution in [1.82, 2.24) is 10.2 Å². The highest BCUT2D eigenvalue weighted by Crippen LogP contribution is 2.17. The maximum absolute atomic E-state index is 12.5. The van der Waals surface area contributed by atoms with Crippen LogP contribution in [0.25, 0.3) is 0 Å². The number of benzene rings is 2. The highest BCUT2D eigenvalue weighted by atomic mass is 32.2. The van der Waals surface area contributed by atoms with Crippen LogP contribution in [0.1, 0.15) is 24.0 Å².